The summed E-state index contributed by atoms with van der Waals surface area (Å²) in [6, 6.07) is 6.88. The van der Waals surface area contributed by atoms with Gasteiger partial charge in [-0.05, 0) is 43.8 Å². The summed E-state index contributed by atoms with van der Waals surface area (Å²) in [5, 5.41) is 0. The van der Waals surface area contributed by atoms with Crippen molar-refractivity contribution < 1.29 is 18.0 Å². The Balaban J connectivity index is 1.95. The van der Waals surface area contributed by atoms with Gasteiger partial charge in [0.1, 0.15) is 0 Å². The minimum Gasteiger partial charge on any atom is -0.325 e. The molecule has 2 atom stereocenters. The average molecular weight is 406 g/mol. The molecule has 8 heteroatoms. The molecule has 0 aromatic heterocycles. The van der Waals surface area contributed by atoms with E-state index in [2.05, 4.69) is 0 Å². The van der Waals surface area contributed by atoms with Crippen LogP contribution in [0.15, 0.2) is 36.0 Å². The summed E-state index contributed by atoms with van der Waals surface area (Å²) in [5.74, 6) is -1.31. The Labute approximate surface area is 166 Å². The largest absolute Gasteiger partial charge is 0.325 e. The molecule has 1 aromatic rings. The highest BCUT2D eigenvalue weighted by Crippen LogP contribution is 2.41. The minimum absolute atomic E-state index is 0.0962. The van der Waals surface area contributed by atoms with Gasteiger partial charge in [0, 0.05) is 18.7 Å². The van der Waals surface area contributed by atoms with Gasteiger partial charge in [0.15, 0.2) is 0 Å². The van der Waals surface area contributed by atoms with E-state index < -0.39 is 27.9 Å². The van der Waals surface area contributed by atoms with Crippen LogP contribution in [0.2, 0.25) is 0 Å². The molecule has 0 unspecified atom stereocenters. The van der Waals surface area contributed by atoms with Gasteiger partial charge in [-0.3, -0.25) is 9.59 Å². The van der Waals surface area contributed by atoms with Crippen molar-refractivity contribution >= 4 is 21.8 Å². The van der Waals surface area contributed by atoms with Crippen molar-refractivity contribution in [2.75, 3.05) is 26.9 Å². The molecule has 2 heterocycles. The lowest BCUT2D eigenvalue weighted by Crippen LogP contribution is -2.43. The fraction of sp³-hybridized carbons (Fsp3) is 0.500. The Hall–Kier alpha value is -2.19. The molecule has 0 bridgehead atoms. The van der Waals surface area contributed by atoms with E-state index in [1.165, 1.54) is 0 Å². The molecule has 0 radical (unpaired) electrons. The number of sulfonamides is 1. The number of fused-ring (bicyclic) bond motifs is 1. The second-order valence-electron chi connectivity index (χ2n) is 8.10. The second kappa shape index (κ2) is 7.33. The zero-order valence-corrected chi connectivity index (χ0v) is 17.7. The molecule has 1 saturated heterocycles. The van der Waals surface area contributed by atoms with Crippen LogP contribution in [0.4, 0.5) is 0 Å². The minimum atomic E-state index is -3.73. The summed E-state index contributed by atoms with van der Waals surface area (Å²) < 4.78 is 25.3. The number of carbonyl (C=O) groups excluding carboxylic acids is 2. The molecule has 0 N–H and O–H groups in total. The molecule has 28 heavy (non-hydrogen) atoms. The van der Waals surface area contributed by atoms with Crippen molar-refractivity contribution in [3.8, 4) is 0 Å². The van der Waals surface area contributed by atoms with Crippen LogP contribution < -0.4 is 0 Å². The van der Waals surface area contributed by atoms with Gasteiger partial charge in [-0.25, -0.2) is 12.7 Å². The lowest BCUT2D eigenvalue weighted by Gasteiger charge is -2.29. The van der Waals surface area contributed by atoms with Gasteiger partial charge < -0.3 is 9.80 Å². The highest BCUT2D eigenvalue weighted by atomic mass is 32.2. The first-order valence-electron chi connectivity index (χ1n) is 9.31. The van der Waals surface area contributed by atoms with Crippen molar-refractivity contribution in [1.29, 1.82) is 0 Å². The van der Waals surface area contributed by atoms with E-state index >= 15 is 0 Å². The fourth-order valence-electron chi connectivity index (χ4n) is 4.11. The third kappa shape index (κ3) is 3.58. The maximum atomic E-state index is 13.3. The van der Waals surface area contributed by atoms with Gasteiger partial charge in [0.2, 0.25) is 15.9 Å². The Morgan fingerprint density at radius 2 is 1.96 bits per heavy atom. The van der Waals surface area contributed by atoms with Crippen LogP contribution in [-0.2, 0) is 21.4 Å². The molecular weight excluding hydrogens is 378 g/mol. The maximum Gasteiger partial charge on any atom is 0.254 e. The topological polar surface area (TPSA) is 78.0 Å². The highest BCUT2D eigenvalue weighted by molar-refractivity contribution is 7.89. The molecule has 3 rings (SSSR count). The predicted molar refractivity (Wildman–Crippen MR) is 107 cm³/mol. The van der Waals surface area contributed by atoms with Crippen molar-refractivity contribution in [3.05, 3.63) is 47.2 Å². The molecule has 1 fully saturated rings. The van der Waals surface area contributed by atoms with E-state index in [9.17, 15) is 18.0 Å². The predicted octanol–water partition coefficient (Wildman–Crippen LogP) is 1.53. The summed E-state index contributed by atoms with van der Waals surface area (Å²) in [6.45, 7) is 4.76. The monoisotopic (exact) mass is 405 g/mol. The van der Waals surface area contributed by atoms with Crippen LogP contribution in [0.5, 0.6) is 0 Å². The summed E-state index contributed by atoms with van der Waals surface area (Å²) in [4.78, 5) is 29.8. The first-order valence-corrected chi connectivity index (χ1v) is 11.2. The Bertz CT molecular complexity index is 937. The molecule has 0 saturated carbocycles. The number of rotatable bonds is 5. The number of hydrogen-bond donors (Lipinski definition) is 0. The summed E-state index contributed by atoms with van der Waals surface area (Å²) in [5.41, 5.74) is 1.97. The van der Waals surface area contributed by atoms with Crippen LogP contribution >= 0.6 is 0 Å². The number of hydrogen-bond acceptors (Lipinski definition) is 5. The third-order valence-corrected chi connectivity index (χ3v) is 6.23. The van der Waals surface area contributed by atoms with Crippen molar-refractivity contribution in [2.45, 2.75) is 26.4 Å². The van der Waals surface area contributed by atoms with Crippen molar-refractivity contribution in [3.63, 3.8) is 0 Å². The maximum absolute atomic E-state index is 13.3. The smallest absolute Gasteiger partial charge is 0.254 e. The Morgan fingerprint density at radius 3 is 2.54 bits per heavy atom. The van der Waals surface area contributed by atoms with E-state index in [1.807, 2.05) is 51.0 Å². The molecule has 1 aromatic carbocycles. The van der Waals surface area contributed by atoms with Gasteiger partial charge in [0.05, 0.1) is 23.9 Å². The number of carbonyl (C=O) groups is 2. The fourth-order valence-corrected chi connectivity index (χ4v) is 5.13. The molecule has 152 valence electrons. The second-order valence-corrected chi connectivity index (χ2v) is 9.94. The lowest BCUT2D eigenvalue weighted by atomic mass is 9.89. The van der Waals surface area contributed by atoms with Gasteiger partial charge >= 0.3 is 0 Å². The van der Waals surface area contributed by atoms with Crippen molar-refractivity contribution in [1.82, 2.24) is 14.1 Å². The van der Waals surface area contributed by atoms with E-state index in [0.717, 1.165) is 16.1 Å². The standard InChI is InChI=1S/C20H27N3O4S/c1-13(2)17-18-16(23(20(17)25)28(5,26)27)9-10-22(18)19(24)15-8-6-7-14(11-15)12-21(3)4/h6-9,11,13,17-18H,10,12H2,1-5H3/t17-,18+/m1/s1. The molecule has 2 aliphatic heterocycles. The molecule has 0 spiro atoms. The van der Waals surface area contributed by atoms with E-state index in [0.29, 0.717) is 24.4 Å². The number of amides is 2. The van der Waals surface area contributed by atoms with Crippen LogP contribution in [-0.4, -0.2) is 67.3 Å². The van der Waals surface area contributed by atoms with Crippen LogP contribution in [0.1, 0.15) is 29.8 Å². The Kier molecular flexibility index (Phi) is 5.38. The molecular formula is C20H27N3O4S. The summed E-state index contributed by atoms with van der Waals surface area (Å²) in [6.07, 6.45) is 2.72. The molecule has 2 amide bonds. The van der Waals surface area contributed by atoms with E-state index in [1.54, 1.807) is 17.0 Å². The summed E-state index contributed by atoms with van der Waals surface area (Å²) >= 11 is 0. The lowest BCUT2D eigenvalue weighted by molar-refractivity contribution is -0.128. The van der Waals surface area contributed by atoms with Crippen LogP contribution in [0.25, 0.3) is 0 Å². The van der Waals surface area contributed by atoms with Gasteiger partial charge in [0.25, 0.3) is 5.91 Å². The zero-order valence-electron chi connectivity index (χ0n) is 16.9. The van der Waals surface area contributed by atoms with Crippen molar-refractivity contribution in [2.24, 2.45) is 11.8 Å². The van der Waals surface area contributed by atoms with E-state index in [4.69, 9.17) is 0 Å². The average Bonchev–Trinajstić information content (AvgIpc) is 3.09. The van der Waals surface area contributed by atoms with Gasteiger partial charge in [-0.1, -0.05) is 26.0 Å². The summed E-state index contributed by atoms with van der Waals surface area (Å²) in [7, 11) is 0.187. The highest BCUT2D eigenvalue weighted by Gasteiger charge is 2.54. The Morgan fingerprint density at radius 1 is 1.29 bits per heavy atom. The SMILES string of the molecule is CC(C)[C@H]1C(=O)N(S(C)(=O)=O)C2=CCN(C(=O)c3cccc(CN(C)C)c3)[C@@H]21. The first-order chi connectivity index (χ1) is 13.0. The molecule has 2 aliphatic rings. The molecule has 0 aliphatic carbocycles. The van der Waals surface area contributed by atoms with Gasteiger partial charge in [-0.2, -0.15) is 0 Å². The zero-order chi connectivity index (χ0) is 20.8. The normalized spacial score (nSPS) is 22.2. The van der Waals surface area contributed by atoms with Crippen LogP contribution in [0.3, 0.4) is 0 Å². The molecule has 7 nitrogen and oxygen atoms in total. The number of benzene rings is 1. The first kappa shape index (κ1) is 20.5. The number of nitrogens with zero attached hydrogens (tertiary/aromatic N) is 3. The quantitative estimate of drug-likeness (QED) is 0.742. The van der Waals surface area contributed by atoms with Crippen LogP contribution in [0, 0.1) is 11.8 Å². The van der Waals surface area contributed by atoms with E-state index in [-0.39, 0.29) is 11.8 Å². The third-order valence-electron chi connectivity index (χ3n) is 5.18. The van der Waals surface area contributed by atoms with Gasteiger partial charge in [-0.15, -0.1) is 0 Å².